The third-order valence-corrected chi connectivity index (χ3v) is 3.85. The van der Waals surface area contributed by atoms with Gasteiger partial charge in [-0.2, -0.15) is 0 Å². The van der Waals surface area contributed by atoms with E-state index in [4.69, 9.17) is 4.74 Å². The van der Waals surface area contributed by atoms with E-state index in [9.17, 15) is 0 Å². The van der Waals surface area contributed by atoms with E-state index in [1.54, 1.807) is 6.08 Å². The Kier molecular flexibility index (Phi) is 6.03. The highest BCUT2D eigenvalue weighted by atomic mass is 79.9. The third kappa shape index (κ3) is 5.03. The Morgan fingerprint density at radius 1 is 1.10 bits per heavy atom. The van der Waals surface area contributed by atoms with E-state index >= 15 is 0 Å². The van der Waals surface area contributed by atoms with Crippen LogP contribution in [-0.2, 0) is 13.1 Å². The van der Waals surface area contributed by atoms with Gasteiger partial charge >= 0.3 is 0 Å². The summed E-state index contributed by atoms with van der Waals surface area (Å²) in [6.45, 7) is 8.24. The summed E-state index contributed by atoms with van der Waals surface area (Å²) in [6, 6.07) is 14.9. The molecule has 0 atom stereocenters. The van der Waals surface area contributed by atoms with Crippen molar-refractivity contribution in [3.8, 4) is 5.75 Å². The second kappa shape index (κ2) is 8.01. The molecule has 0 spiro atoms. The highest BCUT2D eigenvalue weighted by Gasteiger charge is 2.04. The van der Waals surface area contributed by atoms with Gasteiger partial charge in [0.25, 0.3) is 0 Å². The first-order chi connectivity index (χ1) is 10.2. The van der Waals surface area contributed by atoms with Crippen LogP contribution in [0.5, 0.6) is 5.75 Å². The first kappa shape index (κ1) is 15.8. The number of halogens is 1. The summed E-state index contributed by atoms with van der Waals surface area (Å²) in [7, 11) is 0. The number of ether oxygens (including phenoxy) is 1. The van der Waals surface area contributed by atoms with Crippen LogP contribution in [-0.4, -0.2) is 6.61 Å². The van der Waals surface area contributed by atoms with Crippen molar-refractivity contribution in [1.29, 1.82) is 0 Å². The van der Waals surface area contributed by atoms with Crippen molar-refractivity contribution < 1.29 is 10.1 Å². The fraction of sp³-hybridized carbons (Fsp3) is 0.222. The fourth-order valence-electron chi connectivity index (χ4n) is 2.07. The smallest absolute Gasteiger partial charge is 0.133 e. The summed E-state index contributed by atoms with van der Waals surface area (Å²) in [6.07, 6.45) is 1.75. The van der Waals surface area contributed by atoms with Gasteiger partial charge in [-0.1, -0.05) is 42.5 Å². The van der Waals surface area contributed by atoms with Gasteiger partial charge in [-0.3, -0.25) is 0 Å². The van der Waals surface area contributed by atoms with Gasteiger partial charge in [-0.25, -0.2) is 0 Å². The molecule has 0 fully saturated rings. The molecule has 0 saturated carbocycles. The normalized spacial score (nSPS) is 10.4. The van der Waals surface area contributed by atoms with Crippen LogP contribution in [0.2, 0.25) is 0 Å². The molecule has 0 saturated heterocycles. The van der Waals surface area contributed by atoms with E-state index in [1.807, 2.05) is 6.07 Å². The van der Waals surface area contributed by atoms with Crippen molar-refractivity contribution in [3.63, 3.8) is 0 Å². The lowest BCUT2D eigenvalue weighted by Crippen LogP contribution is -2.80. The maximum Gasteiger partial charge on any atom is 0.133 e. The SMILES string of the molecule is C=CCOc1ccc(C[NH2+]Cc2ccc(C)cc2)cc1Br. The monoisotopic (exact) mass is 346 g/mol. The minimum absolute atomic E-state index is 0.525. The van der Waals surface area contributed by atoms with Gasteiger partial charge in [0, 0.05) is 11.1 Å². The lowest BCUT2D eigenvalue weighted by atomic mass is 10.1. The topological polar surface area (TPSA) is 25.8 Å². The molecular formula is C18H21BrNO+. The molecular weight excluding hydrogens is 326 g/mol. The maximum absolute atomic E-state index is 5.55. The van der Waals surface area contributed by atoms with Gasteiger partial charge in [0.15, 0.2) is 0 Å². The van der Waals surface area contributed by atoms with Gasteiger partial charge in [0.1, 0.15) is 25.4 Å². The van der Waals surface area contributed by atoms with Crippen LogP contribution in [0.3, 0.4) is 0 Å². The van der Waals surface area contributed by atoms with E-state index in [-0.39, 0.29) is 0 Å². The zero-order valence-corrected chi connectivity index (χ0v) is 13.9. The summed E-state index contributed by atoms with van der Waals surface area (Å²) in [4.78, 5) is 0. The van der Waals surface area contributed by atoms with Gasteiger partial charge < -0.3 is 10.1 Å². The molecule has 0 radical (unpaired) electrons. The quantitative estimate of drug-likeness (QED) is 0.761. The number of quaternary nitrogens is 1. The summed E-state index contributed by atoms with van der Waals surface area (Å²) in [5.74, 6) is 0.859. The van der Waals surface area contributed by atoms with Crippen LogP contribution in [0.15, 0.2) is 59.6 Å². The molecule has 3 heteroatoms. The van der Waals surface area contributed by atoms with Crippen molar-refractivity contribution in [2.45, 2.75) is 20.0 Å². The van der Waals surface area contributed by atoms with Gasteiger partial charge in [-0.15, -0.1) is 0 Å². The molecule has 0 aliphatic heterocycles. The fourth-order valence-corrected chi connectivity index (χ4v) is 2.61. The minimum Gasteiger partial charge on any atom is -0.488 e. The summed E-state index contributed by atoms with van der Waals surface area (Å²) >= 11 is 3.55. The first-order valence-corrected chi connectivity index (χ1v) is 7.87. The van der Waals surface area contributed by atoms with E-state index in [2.05, 4.69) is 71.1 Å². The van der Waals surface area contributed by atoms with Gasteiger partial charge in [-0.05, 0) is 41.1 Å². The Morgan fingerprint density at radius 2 is 1.76 bits per heavy atom. The molecule has 2 N–H and O–H groups in total. The molecule has 0 amide bonds. The number of rotatable bonds is 7. The number of aryl methyl sites for hydroxylation is 1. The van der Waals surface area contributed by atoms with E-state index < -0.39 is 0 Å². The van der Waals surface area contributed by atoms with Crippen LogP contribution in [0.4, 0.5) is 0 Å². The van der Waals surface area contributed by atoms with E-state index in [0.29, 0.717) is 6.61 Å². The van der Waals surface area contributed by atoms with Gasteiger partial charge in [0.2, 0.25) is 0 Å². The number of hydrogen-bond donors (Lipinski definition) is 1. The first-order valence-electron chi connectivity index (χ1n) is 7.08. The Bertz CT molecular complexity index is 593. The largest absolute Gasteiger partial charge is 0.488 e. The predicted octanol–water partition coefficient (Wildman–Crippen LogP) is 3.59. The van der Waals surface area contributed by atoms with Crippen LogP contribution < -0.4 is 10.1 Å². The van der Waals surface area contributed by atoms with Crippen molar-refractivity contribution >= 4 is 15.9 Å². The van der Waals surface area contributed by atoms with Crippen LogP contribution >= 0.6 is 15.9 Å². The van der Waals surface area contributed by atoms with E-state index in [1.165, 1.54) is 16.7 Å². The van der Waals surface area contributed by atoms with Crippen LogP contribution in [0.1, 0.15) is 16.7 Å². The molecule has 2 aromatic rings. The number of benzene rings is 2. The zero-order valence-electron chi connectivity index (χ0n) is 12.3. The lowest BCUT2D eigenvalue weighted by molar-refractivity contribution is -0.686. The number of nitrogens with two attached hydrogens (primary N) is 1. The molecule has 0 aliphatic rings. The van der Waals surface area contributed by atoms with Crippen molar-refractivity contribution in [1.82, 2.24) is 0 Å². The molecule has 110 valence electrons. The lowest BCUT2D eigenvalue weighted by Gasteiger charge is -2.08. The Balaban J connectivity index is 1.87. The number of hydrogen-bond acceptors (Lipinski definition) is 1. The maximum atomic E-state index is 5.55. The molecule has 2 aromatic carbocycles. The molecule has 21 heavy (non-hydrogen) atoms. The van der Waals surface area contributed by atoms with Gasteiger partial charge in [0.05, 0.1) is 4.47 Å². The summed E-state index contributed by atoms with van der Waals surface area (Å²) < 4.78 is 6.54. The molecule has 0 bridgehead atoms. The second-order valence-electron chi connectivity index (χ2n) is 5.05. The third-order valence-electron chi connectivity index (χ3n) is 3.23. The van der Waals surface area contributed by atoms with Crippen molar-refractivity contribution in [2.24, 2.45) is 0 Å². The zero-order chi connectivity index (χ0) is 15.1. The molecule has 0 aliphatic carbocycles. The average Bonchev–Trinajstić information content (AvgIpc) is 2.48. The van der Waals surface area contributed by atoms with Crippen LogP contribution in [0.25, 0.3) is 0 Å². The summed E-state index contributed by atoms with van der Waals surface area (Å²) in [5, 5.41) is 2.30. The van der Waals surface area contributed by atoms with Crippen molar-refractivity contribution in [3.05, 3.63) is 76.3 Å². The Labute approximate surface area is 135 Å². The van der Waals surface area contributed by atoms with E-state index in [0.717, 1.165) is 23.3 Å². The second-order valence-corrected chi connectivity index (χ2v) is 5.90. The standard InChI is InChI=1S/C18H20BrNO/c1-3-10-21-18-9-8-16(11-17(18)19)13-20-12-15-6-4-14(2)5-7-15/h3-9,11,20H,1,10,12-13H2,2H3/p+1. The molecule has 0 unspecified atom stereocenters. The minimum atomic E-state index is 0.525. The average molecular weight is 347 g/mol. The molecule has 2 nitrogen and oxygen atoms in total. The highest BCUT2D eigenvalue weighted by molar-refractivity contribution is 9.10. The van der Waals surface area contributed by atoms with Crippen LogP contribution in [0, 0.1) is 6.92 Å². The molecule has 0 heterocycles. The predicted molar refractivity (Wildman–Crippen MR) is 90.3 cm³/mol. The van der Waals surface area contributed by atoms with Crippen molar-refractivity contribution in [2.75, 3.05) is 6.61 Å². The molecule has 0 aromatic heterocycles. The Hall–Kier alpha value is -1.58. The Morgan fingerprint density at radius 3 is 2.43 bits per heavy atom. The highest BCUT2D eigenvalue weighted by Crippen LogP contribution is 2.25. The summed E-state index contributed by atoms with van der Waals surface area (Å²) in [5.41, 5.74) is 3.93. The molecule has 2 rings (SSSR count).